The number of hydrogen-bond donors (Lipinski definition) is 1. The monoisotopic (exact) mass is 255 g/mol. The third-order valence-electron chi connectivity index (χ3n) is 3.16. The molecule has 100 valence electrons. The van der Waals surface area contributed by atoms with Crippen LogP contribution in [0, 0.1) is 6.92 Å². The maximum atomic E-state index is 5.16. The molecule has 1 unspecified atom stereocenters. The molecule has 1 atom stereocenters. The van der Waals surface area contributed by atoms with E-state index in [4.69, 9.17) is 4.74 Å². The van der Waals surface area contributed by atoms with Crippen LogP contribution in [0.5, 0.6) is 0 Å². The Morgan fingerprint density at radius 3 is 2.63 bits per heavy atom. The maximum Gasteiger partial charge on any atom is 0.0713 e. The van der Waals surface area contributed by atoms with Gasteiger partial charge in [-0.2, -0.15) is 0 Å². The van der Waals surface area contributed by atoms with E-state index in [-0.39, 0.29) is 6.04 Å². The second kappa shape index (κ2) is 6.39. The van der Waals surface area contributed by atoms with Crippen LogP contribution in [0.1, 0.15) is 29.7 Å². The van der Waals surface area contributed by atoms with Crippen LogP contribution in [0.15, 0.2) is 48.5 Å². The second-order valence-electron chi connectivity index (χ2n) is 4.91. The van der Waals surface area contributed by atoms with Gasteiger partial charge in [-0.3, -0.25) is 0 Å². The van der Waals surface area contributed by atoms with Gasteiger partial charge in [0.15, 0.2) is 0 Å². The zero-order chi connectivity index (χ0) is 13.7. The van der Waals surface area contributed by atoms with Crippen molar-refractivity contribution in [2.75, 3.05) is 12.4 Å². The van der Waals surface area contributed by atoms with Gasteiger partial charge in [0.05, 0.1) is 6.61 Å². The first kappa shape index (κ1) is 13.6. The van der Waals surface area contributed by atoms with Crippen LogP contribution in [0.3, 0.4) is 0 Å². The Morgan fingerprint density at radius 2 is 1.89 bits per heavy atom. The van der Waals surface area contributed by atoms with E-state index in [2.05, 4.69) is 67.7 Å². The zero-order valence-corrected chi connectivity index (χ0v) is 11.8. The van der Waals surface area contributed by atoms with Gasteiger partial charge in [-0.15, -0.1) is 0 Å². The lowest BCUT2D eigenvalue weighted by Gasteiger charge is -2.17. The number of rotatable bonds is 5. The van der Waals surface area contributed by atoms with Gasteiger partial charge in [-0.05, 0) is 37.1 Å². The molecule has 0 aliphatic rings. The summed E-state index contributed by atoms with van der Waals surface area (Å²) in [5.74, 6) is 0. The molecule has 0 saturated carbocycles. The largest absolute Gasteiger partial charge is 0.380 e. The molecule has 2 nitrogen and oxygen atoms in total. The van der Waals surface area contributed by atoms with E-state index < -0.39 is 0 Å². The number of hydrogen-bond acceptors (Lipinski definition) is 2. The van der Waals surface area contributed by atoms with Crippen molar-refractivity contribution in [1.82, 2.24) is 0 Å². The first-order valence-corrected chi connectivity index (χ1v) is 6.60. The fourth-order valence-corrected chi connectivity index (χ4v) is 2.19. The third-order valence-corrected chi connectivity index (χ3v) is 3.16. The molecule has 2 heteroatoms. The van der Waals surface area contributed by atoms with Gasteiger partial charge < -0.3 is 10.1 Å². The Hall–Kier alpha value is -1.80. The standard InChI is InChI=1S/C17H21NO/c1-13-6-4-8-16(10-13)14(2)18-17-9-5-7-15(11-17)12-19-3/h4-11,14,18H,12H2,1-3H3. The quantitative estimate of drug-likeness (QED) is 0.859. The second-order valence-corrected chi connectivity index (χ2v) is 4.91. The van der Waals surface area contributed by atoms with Crippen molar-refractivity contribution in [2.24, 2.45) is 0 Å². The van der Waals surface area contributed by atoms with Crippen LogP contribution in [0.2, 0.25) is 0 Å². The van der Waals surface area contributed by atoms with E-state index in [1.54, 1.807) is 7.11 Å². The summed E-state index contributed by atoms with van der Waals surface area (Å²) in [6, 6.07) is 17.2. The number of methoxy groups -OCH3 is 1. The summed E-state index contributed by atoms with van der Waals surface area (Å²) < 4.78 is 5.16. The molecule has 2 aromatic rings. The molecular weight excluding hydrogens is 234 g/mol. The van der Waals surface area contributed by atoms with E-state index in [9.17, 15) is 0 Å². The van der Waals surface area contributed by atoms with Crippen LogP contribution in [-0.4, -0.2) is 7.11 Å². The summed E-state index contributed by atoms with van der Waals surface area (Å²) in [4.78, 5) is 0. The van der Waals surface area contributed by atoms with Gasteiger partial charge in [0.2, 0.25) is 0 Å². The van der Waals surface area contributed by atoms with E-state index in [1.165, 1.54) is 16.7 Å². The van der Waals surface area contributed by atoms with Crippen LogP contribution in [0.25, 0.3) is 0 Å². The highest BCUT2D eigenvalue weighted by molar-refractivity contribution is 5.47. The molecular formula is C17H21NO. The summed E-state index contributed by atoms with van der Waals surface area (Å²) >= 11 is 0. The fraction of sp³-hybridized carbons (Fsp3) is 0.294. The molecule has 0 bridgehead atoms. The highest BCUT2D eigenvalue weighted by Crippen LogP contribution is 2.21. The summed E-state index contributed by atoms with van der Waals surface area (Å²) in [6.07, 6.45) is 0. The van der Waals surface area contributed by atoms with Gasteiger partial charge in [0.1, 0.15) is 0 Å². The van der Waals surface area contributed by atoms with E-state index >= 15 is 0 Å². The molecule has 0 radical (unpaired) electrons. The van der Waals surface area contributed by atoms with Gasteiger partial charge in [0, 0.05) is 18.8 Å². The Morgan fingerprint density at radius 1 is 1.11 bits per heavy atom. The smallest absolute Gasteiger partial charge is 0.0713 e. The van der Waals surface area contributed by atoms with E-state index in [0.29, 0.717) is 6.61 Å². The summed E-state index contributed by atoms with van der Waals surface area (Å²) in [5, 5.41) is 3.53. The molecule has 0 aliphatic heterocycles. The summed E-state index contributed by atoms with van der Waals surface area (Å²) in [6.45, 7) is 4.95. The maximum absolute atomic E-state index is 5.16. The van der Waals surface area contributed by atoms with Gasteiger partial charge >= 0.3 is 0 Å². The molecule has 2 rings (SSSR count). The molecule has 0 amide bonds. The molecule has 0 fully saturated rings. The minimum absolute atomic E-state index is 0.290. The number of ether oxygens (including phenoxy) is 1. The van der Waals surface area contributed by atoms with E-state index in [1.807, 2.05) is 0 Å². The zero-order valence-electron chi connectivity index (χ0n) is 11.8. The fourth-order valence-electron chi connectivity index (χ4n) is 2.19. The van der Waals surface area contributed by atoms with Crippen LogP contribution in [-0.2, 0) is 11.3 Å². The molecule has 0 spiro atoms. The summed E-state index contributed by atoms with van der Waals surface area (Å²) in [7, 11) is 1.72. The SMILES string of the molecule is COCc1cccc(NC(C)c2cccc(C)c2)c1. The van der Waals surface area contributed by atoms with Crippen molar-refractivity contribution in [2.45, 2.75) is 26.5 Å². The van der Waals surface area contributed by atoms with Crippen molar-refractivity contribution in [3.05, 3.63) is 65.2 Å². The molecule has 0 saturated heterocycles. The Bertz CT molecular complexity index is 536. The number of benzene rings is 2. The van der Waals surface area contributed by atoms with Crippen molar-refractivity contribution >= 4 is 5.69 Å². The Balaban J connectivity index is 2.10. The molecule has 19 heavy (non-hydrogen) atoms. The van der Waals surface area contributed by atoms with Crippen LogP contribution >= 0.6 is 0 Å². The van der Waals surface area contributed by atoms with E-state index in [0.717, 1.165) is 5.69 Å². The average molecular weight is 255 g/mol. The number of anilines is 1. The average Bonchev–Trinajstić information content (AvgIpc) is 2.39. The highest BCUT2D eigenvalue weighted by Gasteiger charge is 2.05. The molecule has 2 aromatic carbocycles. The predicted octanol–water partition coefficient (Wildman–Crippen LogP) is 4.31. The minimum Gasteiger partial charge on any atom is -0.380 e. The predicted molar refractivity (Wildman–Crippen MR) is 80.4 cm³/mol. The first-order valence-electron chi connectivity index (χ1n) is 6.60. The minimum atomic E-state index is 0.290. The molecule has 0 aliphatic carbocycles. The molecule has 1 N–H and O–H groups in total. The van der Waals surface area contributed by atoms with Gasteiger partial charge in [0.25, 0.3) is 0 Å². The number of aryl methyl sites for hydroxylation is 1. The number of nitrogens with one attached hydrogen (secondary N) is 1. The van der Waals surface area contributed by atoms with Crippen LogP contribution < -0.4 is 5.32 Å². The lowest BCUT2D eigenvalue weighted by molar-refractivity contribution is 0.185. The normalized spacial score (nSPS) is 12.2. The summed E-state index contributed by atoms with van der Waals surface area (Å²) in [5.41, 5.74) is 4.91. The van der Waals surface area contributed by atoms with Crippen molar-refractivity contribution in [1.29, 1.82) is 0 Å². The lowest BCUT2D eigenvalue weighted by atomic mass is 10.1. The Kier molecular flexibility index (Phi) is 4.58. The Labute approximate surface area is 115 Å². The topological polar surface area (TPSA) is 21.3 Å². The molecule has 0 heterocycles. The molecule has 0 aromatic heterocycles. The van der Waals surface area contributed by atoms with Crippen molar-refractivity contribution in [3.63, 3.8) is 0 Å². The first-order chi connectivity index (χ1) is 9.19. The lowest BCUT2D eigenvalue weighted by Crippen LogP contribution is -2.07. The van der Waals surface area contributed by atoms with Gasteiger partial charge in [-0.1, -0.05) is 42.0 Å². The third kappa shape index (κ3) is 3.83. The van der Waals surface area contributed by atoms with Crippen molar-refractivity contribution < 1.29 is 4.74 Å². The highest BCUT2D eigenvalue weighted by atomic mass is 16.5. The van der Waals surface area contributed by atoms with Crippen LogP contribution in [0.4, 0.5) is 5.69 Å². The van der Waals surface area contributed by atoms with Gasteiger partial charge in [-0.25, -0.2) is 0 Å². The van der Waals surface area contributed by atoms with Crippen molar-refractivity contribution in [3.8, 4) is 0 Å².